The highest BCUT2D eigenvalue weighted by Gasteiger charge is 2.47. The van der Waals surface area contributed by atoms with Crippen LogP contribution in [0, 0.1) is 11.3 Å². The monoisotopic (exact) mass is 277 g/mol. The molecule has 0 radical (unpaired) electrons. The Morgan fingerprint density at radius 1 is 1.61 bits per heavy atom. The fourth-order valence-electron chi connectivity index (χ4n) is 1.75. The Labute approximate surface area is 108 Å². The average molecular weight is 277 g/mol. The lowest BCUT2D eigenvalue weighted by atomic mass is 10.1. The molecule has 0 aromatic carbocycles. The van der Waals surface area contributed by atoms with Crippen molar-refractivity contribution >= 4 is 14.3 Å². The second kappa shape index (κ2) is 7.78. The van der Waals surface area contributed by atoms with Crippen LogP contribution in [0.5, 0.6) is 0 Å². The highest BCUT2D eigenvalue weighted by molar-refractivity contribution is 7.45. The number of nitrogens with zero attached hydrogens (tertiary/aromatic N) is 1. The Morgan fingerprint density at radius 3 is 2.94 bits per heavy atom. The molecule has 0 spiro atoms. The zero-order valence-electron chi connectivity index (χ0n) is 10.6. The highest BCUT2D eigenvalue weighted by Crippen LogP contribution is 2.34. The maximum absolute atomic E-state index is 13.9. The lowest BCUT2D eigenvalue weighted by Crippen LogP contribution is -2.36. The Balaban J connectivity index is 2.46. The molecule has 0 amide bonds. The average Bonchev–Trinajstić information content (AvgIpc) is 2.58. The van der Waals surface area contributed by atoms with Crippen molar-refractivity contribution in [3.8, 4) is 6.07 Å². The zero-order valence-corrected chi connectivity index (χ0v) is 11.5. The molecule has 102 valence electrons. The summed E-state index contributed by atoms with van der Waals surface area (Å²) in [7, 11) is 0.336. The smallest absolute Gasteiger partial charge is 0.368 e. The number of nitrogens with one attached hydrogen (secondary N) is 1. The van der Waals surface area contributed by atoms with E-state index in [2.05, 4.69) is 11.6 Å². The van der Waals surface area contributed by atoms with Crippen LogP contribution in [-0.2, 0) is 13.8 Å². The quantitative estimate of drug-likeness (QED) is 0.563. The van der Waals surface area contributed by atoms with E-state index in [0.717, 1.165) is 0 Å². The Hall–Kier alpha value is -0.570. The van der Waals surface area contributed by atoms with E-state index >= 15 is 0 Å². The molecule has 7 heteroatoms. The summed E-state index contributed by atoms with van der Waals surface area (Å²) in [6, 6.07) is 1.95. The van der Waals surface area contributed by atoms with Gasteiger partial charge in [0, 0.05) is 6.54 Å². The molecule has 0 bridgehead atoms. The molecule has 0 aromatic rings. The summed E-state index contributed by atoms with van der Waals surface area (Å²) in [6.07, 6.45) is 1.28. The van der Waals surface area contributed by atoms with E-state index in [0.29, 0.717) is 6.54 Å². The SMILES string of the molecule is C=[P+](OCCC#N)OC1[C@@H](CNC)O[C@@H](C)[C@H]1F. The predicted molar refractivity (Wildman–Crippen MR) is 68.3 cm³/mol. The van der Waals surface area contributed by atoms with Crippen LogP contribution < -0.4 is 5.32 Å². The maximum atomic E-state index is 13.9. The summed E-state index contributed by atoms with van der Waals surface area (Å²) >= 11 is 0. The first-order valence-corrected chi connectivity index (χ1v) is 7.17. The van der Waals surface area contributed by atoms with E-state index in [-0.39, 0.29) is 19.1 Å². The molecular formula is C11H19FN2O3P+. The van der Waals surface area contributed by atoms with Gasteiger partial charge in [0.25, 0.3) is 0 Å². The number of rotatable bonds is 7. The molecule has 0 aliphatic carbocycles. The van der Waals surface area contributed by atoms with Gasteiger partial charge in [0.05, 0.1) is 18.6 Å². The van der Waals surface area contributed by atoms with Gasteiger partial charge in [0.1, 0.15) is 19.0 Å². The molecule has 5 nitrogen and oxygen atoms in total. The fraction of sp³-hybridized carbons (Fsp3) is 0.818. The lowest BCUT2D eigenvalue weighted by Gasteiger charge is -2.14. The molecule has 1 rings (SSSR count). The first-order chi connectivity index (χ1) is 8.60. The van der Waals surface area contributed by atoms with Crippen molar-refractivity contribution in [2.24, 2.45) is 0 Å². The van der Waals surface area contributed by atoms with Crippen molar-refractivity contribution in [1.29, 1.82) is 5.26 Å². The van der Waals surface area contributed by atoms with E-state index in [9.17, 15) is 4.39 Å². The van der Waals surface area contributed by atoms with Gasteiger partial charge in [0.2, 0.25) is 0 Å². The topological polar surface area (TPSA) is 63.5 Å². The third kappa shape index (κ3) is 4.27. The van der Waals surface area contributed by atoms with Crippen LogP contribution >= 0.6 is 8.00 Å². The molecule has 1 aliphatic rings. The van der Waals surface area contributed by atoms with Crippen LogP contribution in [0.25, 0.3) is 0 Å². The van der Waals surface area contributed by atoms with Crippen molar-refractivity contribution < 1.29 is 18.2 Å². The second-order valence-electron chi connectivity index (χ2n) is 4.03. The van der Waals surface area contributed by atoms with E-state index in [1.54, 1.807) is 14.0 Å². The number of likely N-dealkylation sites (N-methyl/N-ethyl adjacent to an activating group) is 1. The molecular weight excluding hydrogens is 258 g/mol. The molecule has 1 aliphatic heterocycles. The van der Waals surface area contributed by atoms with E-state index in [1.165, 1.54) is 0 Å². The van der Waals surface area contributed by atoms with Crippen molar-refractivity contribution in [3.05, 3.63) is 0 Å². The van der Waals surface area contributed by atoms with Crippen LogP contribution in [0.4, 0.5) is 4.39 Å². The van der Waals surface area contributed by atoms with Crippen molar-refractivity contribution in [1.82, 2.24) is 5.32 Å². The molecule has 1 saturated heterocycles. The minimum absolute atomic E-state index is 0.252. The lowest BCUT2D eigenvalue weighted by molar-refractivity contribution is 0.0251. The molecule has 5 atom stereocenters. The summed E-state index contributed by atoms with van der Waals surface area (Å²) in [5, 5.41) is 11.3. The van der Waals surface area contributed by atoms with Crippen LogP contribution in [0.3, 0.4) is 0 Å². The Bertz CT molecular complexity index is 324. The molecule has 1 heterocycles. The number of halogens is 1. The normalized spacial score (nSPS) is 32.2. The third-order valence-corrected chi connectivity index (χ3v) is 3.56. The molecule has 18 heavy (non-hydrogen) atoms. The maximum Gasteiger partial charge on any atom is 0.423 e. The number of ether oxygens (including phenoxy) is 1. The van der Waals surface area contributed by atoms with E-state index < -0.39 is 26.4 Å². The van der Waals surface area contributed by atoms with Gasteiger partial charge in [-0.2, -0.15) is 9.79 Å². The largest absolute Gasteiger partial charge is 0.423 e. The highest BCUT2D eigenvalue weighted by atomic mass is 31.1. The van der Waals surface area contributed by atoms with Crippen LogP contribution in [-0.4, -0.2) is 51.0 Å². The van der Waals surface area contributed by atoms with Gasteiger partial charge in [-0.3, -0.25) is 0 Å². The molecule has 0 saturated carbocycles. The van der Waals surface area contributed by atoms with Gasteiger partial charge >= 0.3 is 8.00 Å². The zero-order chi connectivity index (χ0) is 13.5. The molecule has 0 aromatic heterocycles. The van der Waals surface area contributed by atoms with Crippen LogP contribution in [0.2, 0.25) is 0 Å². The van der Waals surface area contributed by atoms with Crippen LogP contribution in [0.15, 0.2) is 0 Å². The number of nitriles is 1. The molecule has 2 unspecified atom stereocenters. The summed E-state index contributed by atoms with van der Waals surface area (Å²) in [5.41, 5.74) is 0. The summed E-state index contributed by atoms with van der Waals surface area (Å²) in [6.45, 7) is 2.44. The minimum Gasteiger partial charge on any atom is -0.368 e. The minimum atomic E-state index is -1.44. The number of alkyl halides is 1. The standard InChI is InChI=1S/C11H19FN2O3P/c1-8-10(12)11(9(16-8)7-14-2)17-18(3)15-6-4-5-13/h8-11,14H,3-4,6-7H2,1-2H3/q+1/t8-,9+,10+,11?/m0/s1. The Morgan fingerprint density at radius 2 is 2.33 bits per heavy atom. The molecule has 1 fully saturated rings. The first kappa shape index (κ1) is 15.5. The van der Waals surface area contributed by atoms with E-state index in [4.69, 9.17) is 19.0 Å². The van der Waals surface area contributed by atoms with Gasteiger partial charge in [0.15, 0.2) is 12.3 Å². The number of hydrogen-bond donors (Lipinski definition) is 1. The Kier molecular flexibility index (Phi) is 6.69. The first-order valence-electron chi connectivity index (χ1n) is 5.81. The van der Waals surface area contributed by atoms with Gasteiger partial charge in [-0.1, -0.05) is 0 Å². The van der Waals surface area contributed by atoms with E-state index in [1.807, 2.05) is 6.07 Å². The van der Waals surface area contributed by atoms with Gasteiger partial charge in [-0.25, -0.2) is 4.39 Å². The van der Waals surface area contributed by atoms with Crippen molar-refractivity contribution in [2.75, 3.05) is 20.2 Å². The third-order valence-electron chi connectivity index (χ3n) is 2.61. The summed E-state index contributed by atoms with van der Waals surface area (Å²) in [4.78, 5) is 0. The second-order valence-corrected chi connectivity index (χ2v) is 5.16. The summed E-state index contributed by atoms with van der Waals surface area (Å²) in [5.74, 6) is 0. The summed E-state index contributed by atoms with van der Waals surface area (Å²) < 4.78 is 30.1. The fourth-order valence-corrected chi connectivity index (χ4v) is 2.63. The molecule has 1 N–H and O–H groups in total. The van der Waals surface area contributed by atoms with Gasteiger partial charge < -0.3 is 10.1 Å². The number of hydrogen-bond acceptors (Lipinski definition) is 5. The predicted octanol–water partition coefficient (Wildman–Crippen LogP) is 1.39. The van der Waals surface area contributed by atoms with Crippen molar-refractivity contribution in [2.45, 2.75) is 37.8 Å². The van der Waals surface area contributed by atoms with Crippen molar-refractivity contribution in [3.63, 3.8) is 0 Å². The van der Waals surface area contributed by atoms with Gasteiger partial charge in [-0.15, -0.1) is 4.52 Å². The van der Waals surface area contributed by atoms with Gasteiger partial charge in [-0.05, 0) is 14.0 Å². The van der Waals surface area contributed by atoms with Crippen LogP contribution in [0.1, 0.15) is 13.3 Å².